The van der Waals surface area contributed by atoms with Crippen LogP contribution in [-0.4, -0.2) is 189 Å². The first kappa shape index (κ1) is 69.9. The van der Waals surface area contributed by atoms with Gasteiger partial charge in [-0.1, -0.05) is 86.6 Å². The molecule has 0 radical (unpaired) electrons. The molecule has 3 rings (SSSR count). The zero-order valence-corrected chi connectivity index (χ0v) is 47.9. The minimum Gasteiger partial charge on any atom is -0.508 e. The second kappa shape index (κ2) is 36.3. The minimum absolute atomic E-state index is 0.0245. The number of aliphatic imine (C=N–C) groups is 1. The molecule has 10 atom stereocenters. The number of rotatable bonds is 36. The van der Waals surface area contributed by atoms with Gasteiger partial charge in [-0.05, 0) is 72.9 Å². The van der Waals surface area contributed by atoms with Crippen LogP contribution in [0.15, 0.2) is 89.9 Å². The number of thioether (sulfide) groups is 1. The summed E-state index contributed by atoms with van der Waals surface area (Å²) in [4.78, 5) is 140. The largest absolute Gasteiger partial charge is 0.508 e. The number of nitrogens with one attached hydrogen (secondary N) is 9. The van der Waals surface area contributed by atoms with Crippen molar-refractivity contribution in [3.05, 3.63) is 102 Å². The first-order valence-corrected chi connectivity index (χ1v) is 28.3. The van der Waals surface area contributed by atoms with Crippen LogP contribution in [0.25, 0.3) is 0 Å². The number of nitrogens with zero attached hydrogens (tertiary/aromatic N) is 1. The summed E-state index contributed by atoms with van der Waals surface area (Å²) in [6, 6.07) is 8.68. The zero-order chi connectivity index (χ0) is 62.5. The molecule has 29 heteroatoms. The topological polar surface area (TPSA) is 471 Å². The fourth-order valence-electron chi connectivity index (χ4n) is 8.17. The standard InChI is InChI=1S/C55H79N13O15S/c1-30(2)44(52(80)62-37(21-23-84-4)47(75)66-42(29-70)54(82)83)67-50(78)40(26-34-17-19-35(72)20-18-34)63-51(79)41(28-69)65-46(74)36(16-11-22-59-55(57)58)61-48(76)39(25-33-14-9-6-10-15-33)64-53(81)45(31(3)71)68-49(77)38(60-43(73)27-56)24-32-12-7-5-8-13-32/h5-10,12-15,17-20,30-31,36-42,44-45,69-72H,11,16,21-29,56H2,1-4H3,(H,60,73)(H,61,76)(H,62,80)(H,63,79)(H,64,81)(H,65,74)(H,66,75)(H,67,78)(H,68,77)(H,82,83)(H4,57,58,59)/t31-,36+,37+,38+,39+,40+,41+,42+,44+,45+/m1/s1. The summed E-state index contributed by atoms with van der Waals surface area (Å²) >= 11 is 1.33. The highest BCUT2D eigenvalue weighted by Crippen LogP contribution is 2.14. The highest BCUT2D eigenvalue weighted by molar-refractivity contribution is 7.98. The maximum absolute atomic E-state index is 14.5. The summed E-state index contributed by atoms with van der Waals surface area (Å²) in [5.74, 6) is -10.7. The van der Waals surface area contributed by atoms with Gasteiger partial charge in [0.25, 0.3) is 0 Å². The van der Waals surface area contributed by atoms with Crippen LogP contribution in [0.2, 0.25) is 0 Å². The Morgan fingerprint density at radius 1 is 0.512 bits per heavy atom. The van der Waals surface area contributed by atoms with Gasteiger partial charge >= 0.3 is 5.97 Å². The highest BCUT2D eigenvalue weighted by Gasteiger charge is 2.37. The van der Waals surface area contributed by atoms with E-state index in [1.54, 1.807) is 80.8 Å². The van der Waals surface area contributed by atoms with Crippen LogP contribution in [0.4, 0.5) is 0 Å². The normalized spacial score (nSPS) is 14.6. The van der Waals surface area contributed by atoms with Gasteiger partial charge in [-0.3, -0.25) is 48.1 Å². The molecule has 0 spiro atoms. The van der Waals surface area contributed by atoms with Gasteiger partial charge in [0.2, 0.25) is 53.2 Å². The van der Waals surface area contributed by atoms with E-state index >= 15 is 0 Å². The molecule has 3 aromatic rings. The van der Waals surface area contributed by atoms with E-state index in [0.29, 0.717) is 22.4 Å². The number of hydrogen-bond acceptors (Lipinski definition) is 17. The Kier molecular flexibility index (Phi) is 30.2. The van der Waals surface area contributed by atoms with E-state index in [0.717, 1.165) is 0 Å². The third kappa shape index (κ3) is 24.2. The molecular weight excluding hydrogens is 1110 g/mol. The maximum atomic E-state index is 14.5. The average molecular weight is 1190 g/mol. The number of phenols is 1. The second-order valence-electron chi connectivity index (χ2n) is 19.8. The molecule has 0 saturated heterocycles. The smallest absolute Gasteiger partial charge is 0.328 e. The number of aliphatic hydroxyl groups excluding tert-OH is 3. The third-order valence-corrected chi connectivity index (χ3v) is 13.4. The number of guanidine groups is 1. The molecule has 460 valence electrons. The minimum atomic E-state index is -1.83. The first-order valence-electron chi connectivity index (χ1n) is 26.9. The molecule has 0 aromatic heterocycles. The van der Waals surface area contributed by atoms with Crippen LogP contribution in [0, 0.1) is 5.92 Å². The summed E-state index contributed by atoms with van der Waals surface area (Å²) in [6.45, 7) is 1.85. The molecule has 0 fully saturated rings. The molecule has 9 amide bonds. The number of aromatic hydroxyl groups is 1. The van der Waals surface area contributed by atoms with E-state index in [2.05, 4.69) is 52.8 Å². The zero-order valence-electron chi connectivity index (χ0n) is 47.1. The van der Waals surface area contributed by atoms with Gasteiger partial charge in [-0.25, -0.2) is 4.79 Å². The number of nitrogens with two attached hydrogens (primary N) is 3. The predicted octanol–water partition coefficient (Wildman–Crippen LogP) is -4.35. The lowest BCUT2D eigenvalue weighted by Crippen LogP contribution is -2.62. The van der Waals surface area contributed by atoms with Gasteiger partial charge in [-0.2, -0.15) is 11.8 Å². The fourth-order valence-corrected chi connectivity index (χ4v) is 8.64. The molecule has 20 N–H and O–H groups in total. The molecular formula is C55H79N13O15S. The summed E-state index contributed by atoms with van der Waals surface area (Å²) in [5.41, 5.74) is 18.1. The van der Waals surface area contributed by atoms with E-state index in [1.807, 2.05) is 0 Å². The molecule has 0 heterocycles. The lowest BCUT2D eigenvalue weighted by atomic mass is 10.00. The van der Waals surface area contributed by atoms with Gasteiger partial charge < -0.3 is 90.6 Å². The third-order valence-electron chi connectivity index (χ3n) is 12.8. The molecule has 0 bridgehead atoms. The van der Waals surface area contributed by atoms with E-state index in [-0.39, 0.29) is 56.8 Å². The van der Waals surface area contributed by atoms with E-state index in [1.165, 1.54) is 43.0 Å². The monoisotopic (exact) mass is 1190 g/mol. The summed E-state index contributed by atoms with van der Waals surface area (Å²) in [5, 5.41) is 72.7. The quantitative estimate of drug-likeness (QED) is 0.0149. The number of aliphatic hydroxyl groups is 3. The fraction of sp³-hybridized carbons (Fsp3) is 0.473. The number of phenolic OH excluding ortho intramolecular Hbond substituents is 1. The number of benzene rings is 3. The van der Waals surface area contributed by atoms with Gasteiger partial charge in [-0.15, -0.1) is 0 Å². The number of hydrogen-bond donors (Lipinski definition) is 17. The molecule has 0 aliphatic rings. The van der Waals surface area contributed by atoms with E-state index in [9.17, 15) is 73.5 Å². The molecule has 0 saturated carbocycles. The van der Waals surface area contributed by atoms with Gasteiger partial charge in [0, 0.05) is 25.8 Å². The average Bonchev–Trinajstić information content (AvgIpc) is 3.55. The van der Waals surface area contributed by atoms with Crippen molar-refractivity contribution in [3.8, 4) is 5.75 Å². The van der Waals surface area contributed by atoms with Crippen molar-refractivity contribution in [3.63, 3.8) is 0 Å². The van der Waals surface area contributed by atoms with E-state index in [4.69, 9.17) is 17.2 Å². The number of carboxylic acids is 1. The number of carboxylic acid groups (broad SMARTS) is 1. The first-order chi connectivity index (χ1) is 39.9. The Morgan fingerprint density at radius 2 is 0.905 bits per heavy atom. The van der Waals surface area contributed by atoms with Crippen LogP contribution in [0.1, 0.15) is 56.7 Å². The maximum Gasteiger partial charge on any atom is 0.328 e. The van der Waals surface area contributed by atoms with Crippen LogP contribution in [-0.2, 0) is 67.2 Å². The van der Waals surface area contributed by atoms with Crippen LogP contribution in [0.5, 0.6) is 5.75 Å². The Hall–Kier alpha value is -8.38. The predicted molar refractivity (Wildman–Crippen MR) is 310 cm³/mol. The highest BCUT2D eigenvalue weighted by atomic mass is 32.2. The number of carbonyl (C=O) groups is 10. The lowest BCUT2D eigenvalue weighted by molar-refractivity contribution is -0.143. The Morgan fingerprint density at radius 3 is 1.37 bits per heavy atom. The van der Waals surface area contributed by atoms with Crippen molar-refractivity contribution in [2.24, 2.45) is 28.1 Å². The molecule has 84 heavy (non-hydrogen) atoms. The van der Waals surface area contributed by atoms with Gasteiger partial charge in [0.15, 0.2) is 5.96 Å². The Balaban J connectivity index is 1.95. The van der Waals surface area contributed by atoms with Crippen molar-refractivity contribution < 1.29 is 73.5 Å². The lowest BCUT2D eigenvalue weighted by Gasteiger charge is -2.29. The number of amides is 9. The number of aliphatic carboxylic acids is 1. The van der Waals surface area contributed by atoms with Crippen molar-refractivity contribution in [2.45, 2.75) is 120 Å². The molecule has 0 aliphatic heterocycles. The van der Waals surface area contributed by atoms with Crippen molar-refractivity contribution in [1.82, 2.24) is 47.9 Å². The van der Waals surface area contributed by atoms with Crippen molar-refractivity contribution in [1.29, 1.82) is 0 Å². The summed E-state index contributed by atoms with van der Waals surface area (Å²) in [6.07, 6.45) is -0.505. The molecule has 28 nitrogen and oxygen atoms in total. The van der Waals surface area contributed by atoms with Crippen LogP contribution in [0.3, 0.4) is 0 Å². The van der Waals surface area contributed by atoms with E-state index < -0.39 is 145 Å². The molecule has 0 aliphatic carbocycles. The summed E-state index contributed by atoms with van der Waals surface area (Å²) < 4.78 is 0. The van der Waals surface area contributed by atoms with Gasteiger partial charge in [0.1, 0.15) is 60.1 Å². The summed E-state index contributed by atoms with van der Waals surface area (Å²) in [7, 11) is 0. The SMILES string of the molecule is CSCC[C@H](NC(=O)[C@@H](NC(=O)[C@H](Cc1ccc(O)cc1)NC(=O)[C@H](CO)NC(=O)[C@H](CCCN=C(N)N)NC(=O)[C@H](Cc1ccccc1)NC(=O)[C@@H](NC(=O)[C@H](Cc1ccccc1)NC(=O)CN)[C@@H](C)O)C(C)C)C(=O)N[C@@H](CO)C(=O)O. The second-order valence-corrected chi connectivity index (χ2v) is 20.8. The number of carbonyl (C=O) groups excluding carboxylic acids is 9. The van der Waals surface area contributed by atoms with Crippen molar-refractivity contribution >= 4 is 76.9 Å². The van der Waals surface area contributed by atoms with Crippen molar-refractivity contribution in [2.75, 3.05) is 38.3 Å². The molecule has 0 unspecified atom stereocenters. The van der Waals surface area contributed by atoms with Gasteiger partial charge in [0.05, 0.1) is 25.9 Å². The van der Waals surface area contributed by atoms with Crippen LogP contribution < -0.4 is 65.1 Å². The Labute approximate surface area is 490 Å². The van der Waals surface area contributed by atoms with Crippen LogP contribution >= 0.6 is 11.8 Å². The molecule has 3 aromatic carbocycles. The Bertz CT molecular complexity index is 2690.